The van der Waals surface area contributed by atoms with Crippen LogP contribution in [0.25, 0.3) is 0 Å². The number of hydrogen-bond acceptors (Lipinski definition) is 7. The van der Waals surface area contributed by atoms with Crippen LogP contribution >= 0.6 is 0 Å². The summed E-state index contributed by atoms with van der Waals surface area (Å²) in [4.78, 5) is 11.0. The number of nitrogens with zero attached hydrogens (tertiary/aromatic N) is 3. The van der Waals surface area contributed by atoms with Gasteiger partial charge in [-0.3, -0.25) is 9.71 Å². The topological polar surface area (TPSA) is 96.4 Å². The summed E-state index contributed by atoms with van der Waals surface area (Å²) < 4.78 is 47.7. The molecule has 0 bridgehead atoms. The Balaban J connectivity index is 1.38. The van der Waals surface area contributed by atoms with Crippen molar-refractivity contribution in [3.05, 3.63) is 96.2 Å². The van der Waals surface area contributed by atoms with Crippen LogP contribution in [0, 0.1) is 12.7 Å². The molecule has 0 saturated carbocycles. The van der Waals surface area contributed by atoms with Gasteiger partial charge in [-0.25, -0.2) is 17.8 Å². The van der Waals surface area contributed by atoms with Crippen LogP contribution in [0.3, 0.4) is 0 Å². The van der Waals surface area contributed by atoms with E-state index < -0.39 is 15.8 Å². The van der Waals surface area contributed by atoms with E-state index in [1.165, 1.54) is 24.3 Å². The average molecular weight is 520 g/mol. The maximum Gasteiger partial charge on any atom is 0.261 e. The second kappa shape index (κ2) is 10.1. The Morgan fingerprint density at radius 1 is 1.05 bits per heavy atom. The minimum atomic E-state index is -3.97. The van der Waals surface area contributed by atoms with E-state index in [0.29, 0.717) is 18.4 Å². The lowest BCUT2D eigenvalue weighted by Gasteiger charge is -2.27. The van der Waals surface area contributed by atoms with Gasteiger partial charge in [-0.05, 0) is 79.9 Å². The monoisotopic (exact) mass is 519 g/mol. The summed E-state index contributed by atoms with van der Waals surface area (Å²) in [7, 11) is -2.35. The predicted octanol–water partition coefficient (Wildman–Crippen LogP) is 5.26. The predicted molar refractivity (Wildman–Crippen MR) is 141 cm³/mol. The highest BCUT2D eigenvalue weighted by Crippen LogP contribution is 2.40. The molecule has 4 aromatic rings. The van der Waals surface area contributed by atoms with E-state index >= 15 is 0 Å². The van der Waals surface area contributed by atoms with Gasteiger partial charge in [0.05, 0.1) is 23.4 Å². The number of fused-ring (bicyclic) bond motifs is 1. The number of methoxy groups -OCH3 is 1. The first-order chi connectivity index (χ1) is 17.8. The molecule has 1 aliphatic rings. The minimum Gasteiger partial charge on any atom is -0.497 e. The van der Waals surface area contributed by atoms with Crippen molar-refractivity contribution < 1.29 is 17.5 Å². The van der Waals surface area contributed by atoms with Crippen molar-refractivity contribution in [3.8, 4) is 5.75 Å². The average Bonchev–Trinajstić information content (AvgIpc) is 3.28. The smallest absolute Gasteiger partial charge is 0.261 e. The molecule has 1 unspecified atom stereocenters. The zero-order valence-corrected chi connectivity index (χ0v) is 21.2. The normalized spacial score (nSPS) is 14.7. The van der Waals surface area contributed by atoms with Gasteiger partial charge in [0.2, 0.25) is 0 Å². The third kappa shape index (κ3) is 5.19. The highest BCUT2D eigenvalue weighted by Gasteiger charge is 2.31. The number of aryl methyl sites for hydroxylation is 2. The van der Waals surface area contributed by atoms with E-state index in [0.717, 1.165) is 28.6 Å². The van der Waals surface area contributed by atoms with Gasteiger partial charge in [-0.1, -0.05) is 6.07 Å². The van der Waals surface area contributed by atoms with Crippen molar-refractivity contribution in [3.63, 3.8) is 0 Å². The molecule has 10 heteroatoms. The second-order valence-electron chi connectivity index (χ2n) is 8.71. The lowest BCUT2D eigenvalue weighted by Crippen LogP contribution is -2.32. The SMILES string of the molecule is COc1ccnc(CCC2Nc3ncccc3N2c2ccc(S(=O)(=O)Nc3ccc(C)cc3F)cc2)c1. The van der Waals surface area contributed by atoms with E-state index in [9.17, 15) is 12.8 Å². The molecule has 0 fully saturated rings. The summed E-state index contributed by atoms with van der Waals surface area (Å²) in [5.41, 5.74) is 3.20. The number of ether oxygens (including phenoxy) is 1. The van der Waals surface area contributed by atoms with Gasteiger partial charge in [0.1, 0.15) is 17.7 Å². The molecule has 8 nitrogen and oxygen atoms in total. The number of benzene rings is 2. The zero-order valence-electron chi connectivity index (χ0n) is 20.3. The molecule has 1 aliphatic heterocycles. The van der Waals surface area contributed by atoms with Crippen LogP contribution in [0.1, 0.15) is 17.7 Å². The molecule has 0 radical (unpaired) electrons. The number of aromatic nitrogens is 2. The Labute approximate surface area is 215 Å². The molecule has 2 aromatic heterocycles. The highest BCUT2D eigenvalue weighted by molar-refractivity contribution is 7.92. The van der Waals surface area contributed by atoms with Crippen LogP contribution in [0.2, 0.25) is 0 Å². The van der Waals surface area contributed by atoms with E-state index in [-0.39, 0.29) is 16.7 Å². The lowest BCUT2D eigenvalue weighted by molar-refractivity contribution is 0.413. The van der Waals surface area contributed by atoms with E-state index in [1.807, 2.05) is 18.2 Å². The standard InChI is InChI=1S/C27H26FN5O3S/c1-18-5-11-24(23(28)16-18)32-37(34,35)22-9-7-20(8-10-22)33-25-4-3-14-30-27(25)31-26(33)12-6-19-17-21(36-2)13-15-29-19/h3-5,7-11,13-17,26,32H,6,12H2,1-2H3,(H,30,31). The number of rotatable bonds is 8. The first-order valence-corrected chi connectivity index (χ1v) is 13.2. The van der Waals surface area contributed by atoms with Gasteiger partial charge in [0.25, 0.3) is 10.0 Å². The fourth-order valence-electron chi connectivity index (χ4n) is 4.31. The summed E-state index contributed by atoms with van der Waals surface area (Å²) >= 11 is 0. The van der Waals surface area contributed by atoms with E-state index in [2.05, 4.69) is 24.9 Å². The van der Waals surface area contributed by atoms with Crippen LogP contribution in [0.5, 0.6) is 5.75 Å². The third-order valence-corrected chi connectivity index (χ3v) is 7.53. The van der Waals surface area contributed by atoms with E-state index in [1.54, 1.807) is 50.7 Å². The molecule has 0 spiro atoms. The molecule has 0 saturated heterocycles. The van der Waals surface area contributed by atoms with Gasteiger partial charge in [0.15, 0.2) is 5.82 Å². The van der Waals surface area contributed by atoms with Crippen molar-refractivity contribution in [1.82, 2.24) is 9.97 Å². The Bertz CT molecular complexity index is 1530. The molecule has 0 aliphatic carbocycles. The van der Waals surface area contributed by atoms with Gasteiger partial charge >= 0.3 is 0 Å². The number of nitrogens with one attached hydrogen (secondary N) is 2. The van der Waals surface area contributed by atoms with Crippen LogP contribution in [0.4, 0.5) is 27.3 Å². The maximum absolute atomic E-state index is 14.2. The van der Waals surface area contributed by atoms with Crippen LogP contribution in [0.15, 0.2) is 84.0 Å². The molecular weight excluding hydrogens is 493 g/mol. The van der Waals surface area contributed by atoms with Gasteiger partial charge in [-0.15, -0.1) is 0 Å². The number of halogens is 1. The minimum absolute atomic E-state index is 0.0342. The molecular formula is C27H26FN5O3S. The molecule has 3 heterocycles. The molecule has 2 N–H and O–H groups in total. The molecule has 2 aromatic carbocycles. The number of pyridine rings is 2. The number of sulfonamides is 1. The van der Waals surface area contributed by atoms with Crippen LogP contribution in [-0.4, -0.2) is 31.7 Å². The first kappa shape index (κ1) is 24.5. The highest BCUT2D eigenvalue weighted by atomic mass is 32.2. The number of hydrogen-bond donors (Lipinski definition) is 2. The molecule has 5 rings (SSSR count). The number of anilines is 4. The molecule has 1 atom stereocenters. The van der Waals surface area contributed by atoms with E-state index in [4.69, 9.17) is 4.74 Å². The van der Waals surface area contributed by atoms with Crippen LogP contribution < -0.4 is 19.7 Å². The maximum atomic E-state index is 14.2. The Morgan fingerprint density at radius 3 is 2.62 bits per heavy atom. The third-order valence-electron chi connectivity index (χ3n) is 6.15. The summed E-state index contributed by atoms with van der Waals surface area (Å²) in [5, 5.41) is 3.45. The molecule has 190 valence electrons. The summed E-state index contributed by atoms with van der Waals surface area (Å²) in [6, 6.07) is 18.4. The Kier molecular flexibility index (Phi) is 6.66. The summed E-state index contributed by atoms with van der Waals surface area (Å²) in [6.45, 7) is 1.74. The Morgan fingerprint density at radius 2 is 1.86 bits per heavy atom. The molecule has 0 amide bonds. The second-order valence-corrected chi connectivity index (χ2v) is 10.4. The summed E-state index contributed by atoms with van der Waals surface area (Å²) in [6.07, 6.45) is 4.73. The first-order valence-electron chi connectivity index (χ1n) is 11.7. The fourth-order valence-corrected chi connectivity index (χ4v) is 5.38. The van der Waals surface area contributed by atoms with Crippen molar-refractivity contribution in [2.24, 2.45) is 0 Å². The van der Waals surface area contributed by atoms with Crippen molar-refractivity contribution in [2.45, 2.75) is 30.8 Å². The summed E-state index contributed by atoms with van der Waals surface area (Å²) in [5.74, 6) is 0.877. The van der Waals surface area contributed by atoms with Crippen molar-refractivity contribution >= 4 is 32.9 Å². The quantitative estimate of drug-likeness (QED) is 0.328. The zero-order chi connectivity index (χ0) is 26.0. The van der Waals surface area contributed by atoms with Gasteiger partial charge < -0.3 is 15.0 Å². The lowest BCUT2D eigenvalue weighted by atomic mass is 10.1. The molecule has 37 heavy (non-hydrogen) atoms. The van der Waals surface area contributed by atoms with Crippen molar-refractivity contribution in [1.29, 1.82) is 0 Å². The Hall–Kier alpha value is -4.18. The van der Waals surface area contributed by atoms with Crippen molar-refractivity contribution in [2.75, 3.05) is 22.0 Å². The largest absolute Gasteiger partial charge is 0.497 e. The van der Waals surface area contributed by atoms with Gasteiger partial charge in [-0.2, -0.15) is 0 Å². The fraction of sp³-hybridized carbons (Fsp3) is 0.185. The van der Waals surface area contributed by atoms with Gasteiger partial charge in [0, 0.05) is 29.8 Å². The van der Waals surface area contributed by atoms with Crippen LogP contribution in [-0.2, 0) is 16.4 Å².